The van der Waals surface area contributed by atoms with Gasteiger partial charge in [0, 0.05) is 17.7 Å². The molecule has 5 heteroatoms. The van der Waals surface area contributed by atoms with Crippen LogP contribution >= 0.6 is 15.9 Å². The van der Waals surface area contributed by atoms with E-state index in [-0.39, 0.29) is 5.92 Å². The van der Waals surface area contributed by atoms with E-state index in [4.69, 9.17) is 4.74 Å². The van der Waals surface area contributed by atoms with Crippen molar-refractivity contribution in [2.45, 2.75) is 26.7 Å². The number of rotatable bonds is 3. The molecule has 0 unspecified atom stereocenters. The monoisotopic (exact) mass is 307 g/mol. The van der Waals surface area contributed by atoms with Crippen LogP contribution in [0.1, 0.15) is 31.3 Å². The Balaban J connectivity index is 2.26. The molecule has 4 nitrogen and oxygen atoms in total. The second kappa shape index (κ2) is 5.44. The van der Waals surface area contributed by atoms with Gasteiger partial charge in [0.25, 0.3) is 0 Å². The molecular weight excluding hydrogens is 294 g/mol. The minimum atomic E-state index is 0.251. The van der Waals surface area contributed by atoms with Crippen LogP contribution in [0.5, 0.6) is 11.6 Å². The number of aromatic nitrogens is 3. The number of aryl methyl sites for hydroxylation is 1. The molecule has 94 valence electrons. The van der Waals surface area contributed by atoms with E-state index in [1.165, 1.54) is 0 Å². The van der Waals surface area contributed by atoms with Gasteiger partial charge >= 0.3 is 0 Å². The summed E-state index contributed by atoms with van der Waals surface area (Å²) in [5, 5.41) is 0. The maximum Gasteiger partial charge on any atom is 0.223 e. The summed E-state index contributed by atoms with van der Waals surface area (Å²) in [6.07, 6.45) is 1.68. The lowest BCUT2D eigenvalue weighted by molar-refractivity contribution is 0.453. The third-order valence-electron chi connectivity index (χ3n) is 2.31. The average Bonchev–Trinajstić information content (AvgIpc) is 2.31. The molecule has 0 aliphatic carbocycles. The molecule has 0 N–H and O–H groups in total. The third kappa shape index (κ3) is 3.26. The fourth-order valence-corrected chi connectivity index (χ4v) is 1.74. The molecular formula is C13H14BrN3O. The van der Waals surface area contributed by atoms with E-state index in [1.54, 1.807) is 12.3 Å². The summed E-state index contributed by atoms with van der Waals surface area (Å²) in [5.74, 6) is 2.19. The third-order valence-corrected chi connectivity index (χ3v) is 2.72. The average molecular weight is 308 g/mol. The summed E-state index contributed by atoms with van der Waals surface area (Å²) in [7, 11) is 0. The zero-order valence-corrected chi connectivity index (χ0v) is 12.1. The van der Waals surface area contributed by atoms with Crippen LogP contribution in [0.15, 0.2) is 29.0 Å². The van der Waals surface area contributed by atoms with Crippen molar-refractivity contribution >= 4 is 15.9 Å². The quantitative estimate of drug-likeness (QED) is 0.808. The van der Waals surface area contributed by atoms with Crippen molar-refractivity contribution in [3.05, 3.63) is 40.5 Å². The topological polar surface area (TPSA) is 47.9 Å². The van der Waals surface area contributed by atoms with E-state index >= 15 is 0 Å². The van der Waals surface area contributed by atoms with Crippen molar-refractivity contribution in [2.75, 3.05) is 0 Å². The van der Waals surface area contributed by atoms with Crippen molar-refractivity contribution < 1.29 is 4.74 Å². The van der Waals surface area contributed by atoms with Gasteiger partial charge in [0.1, 0.15) is 16.2 Å². The van der Waals surface area contributed by atoms with E-state index in [2.05, 4.69) is 30.9 Å². The smallest absolute Gasteiger partial charge is 0.223 e. The first-order valence-corrected chi connectivity index (χ1v) is 6.49. The van der Waals surface area contributed by atoms with Crippen molar-refractivity contribution in [3.8, 4) is 11.6 Å². The van der Waals surface area contributed by atoms with Crippen molar-refractivity contribution in [1.29, 1.82) is 0 Å². The van der Waals surface area contributed by atoms with Crippen molar-refractivity contribution in [2.24, 2.45) is 0 Å². The van der Waals surface area contributed by atoms with Crippen LogP contribution in [0.3, 0.4) is 0 Å². The molecule has 0 saturated heterocycles. The number of pyridine rings is 1. The lowest BCUT2D eigenvalue weighted by Gasteiger charge is -2.08. The van der Waals surface area contributed by atoms with Crippen LogP contribution in [0, 0.1) is 6.92 Å². The Kier molecular flexibility index (Phi) is 3.91. The number of hydrogen-bond acceptors (Lipinski definition) is 4. The second-order valence-electron chi connectivity index (χ2n) is 4.28. The highest BCUT2D eigenvalue weighted by Gasteiger charge is 2.08. The predicted octanol–water partition coefficient (Wildman–Crippen LogP) is 3.86. The minimum absolute atomic E-state index is 0.251. The van der Waals surface area contributed by atoms with Gasteiger partial charge in [0.05, 0.1) is 6.20 Å². The van der Waals surface area contributed by atoms with Gasteiger partial charge in [-0.05, 0) is 35.0 Å². The van der Waals surface area contributed by atoms with Gasteiger partial charge in [-0.25, -0.2) is 4.98 Å². The Morgan fingerprint density at radius 1 is 1.22 bits per heavy atom. The first kappa shape index (κ1) is 13.0. The SMILES string of the molecule is Cc1ccc(Oc2cc(Br)nc(C(C)C)n2)cn1. The number of ether oxygens (including phenoxy) is 1. The van der Waals surface area contributed by atoms with E-state index in [0.717, 1.165) is 16.1 Å². The molecule has 0 atom stereocenters. The van der Waals surface area contributed by atoms with Crippen LogP contribution in [-0.2, 0) is 0 Å². The van der Waals surface area contributed by atoms with E-state index < -0.39 is 0 Å². The van der Waals surface area contributed by atoms with Gasteiger partial charge in [0.15, 0.2) is 0 Å². The summed E-state index contributed by atoms with van der Waals surface area (Å²) < 4.78 is 6.38. The van der Waals surface area contributed by atoms with Crippen LogP contribution in [0.4, 0.5) is 0 Å². The zero-order chi connectivity index (χ0) is 13.1. The molecule has 2 rings (SSSR count). The molecule has 2 aromatic rings. The van der Waals surface area contributed by atoms with Gasteiger partial charge in [-0.2, -0.15) is 4.98 Å². The molecule has 2 heterocycles. The second-order valence-corrected chi connectivity index (χ2v) is 5.09. The van der Waals surface area contributed by atoms with Crippen LogP contribution < -0.4 is 4.74 Å². The van der Waals surface area contributed by atoms with Crippen LogP contribution in [0.2, 0.25) is 0 Å². The molecule has 0 amide bonds. The van der Waals surface area contributed by atoms with Crippen molar-refractivity contribution in [1.82, 2.24) is 15.0 Å². The molecule has 0 aliphatic heterocycles. The van der Waals surface area contributed by atoms with Gasteiger partial charge < -0.3 is 4.74 Å². The molecule has 0 bridgehead atoms. The van der Waals surface area contributed by atoms with Gasteiger partial charge in [0.2, 0.25) is 5.88 Å². The minimum Gasteiger partial charge on any atom is -0.437 e. The first-order valence-electron chi connectivity index (χ1n) is 5.69. The molecule has 0 fully saturated rings. The normalized spacial score (nSPS) is 10.7. The summed E-state index contributed by atoms with van der Waals surface area (Å²) in [5.41, 5.74) is 0.953. The number of hydrogen-bond donors (Lipinski definition) is 0. The summed E-state index contributed by atoms with van der Waals surface area (Å²) in [4.78, 5) is 12.8. The molecule has 18 heavy (non-hydrogen) atoms. The van der Waals surface area contributed by atoms with Crippen LogP contribution in [0.25, 0.3) is 0 Å². The molecule has 0 aliphatic rings. The maximum atomic E-state index is 5.66. The molecule has 2 aromatic heterocycles. The molecule has 0 saturated carbocycles. The number of halogens is 1. The summed E-state index contributed by atoms with van der Waals surface area (Å²) in [6.45, 7) is 6.01. The van der Waals surface area contributed by atoms with E-state index in [9.17, 15) is 0 Å². The lowest BCUT2D eigenvalue weighted by atomic mass is 10.2. The summed E-state index contributed by atoms with van der Waals surface area (Å²) in [6, 6.07) is 5.51. The first-order chi connectivity index (χ1) is 8.54. The highest BCUT2D eigenvalue weighted by molar-refractivity contribution is 9.10. The fraction of sp³-hybridized carbons (Fsp3) is 0.308. The maximum absolute atomic E-state index is 5.66. The molecule has 0 radical (unpaired) electrons. The predicted molar refractivity (Wildman–Crippen MR) is 72.9 cm³/mol. The van der Waals surface area contributed by atoms with E-state index in [1.807, 2.05) is 32.9 Å². The Morgan fingerprint density at radius 2 is 2.00 bits per heavy atom. The lowest BCUT2D eigenvalue weighted by Crippen LogP contribution is -2.00. The largest absolute Gasteiger partial charge is 0.437 e. The van der Waals surface area contributed by atoms with Gasteiger partial charge in [-0.3, -0.25) is 4.98 Å². The highest BCUT2D eigenvalue weighted by atomic mass is 79.9. The van der Waals surface area contributed by atoms with Crippen LogP contribution in [-0.4, -0.2) is 15.0 Å². The molecule has 0 aromatic carbocycles. The van der Waals surface area contributed by atoms with Gasteiger partial charge in [-0.1, -0.05) is 13.8 Å². The van der Waals surface area contributed by atoms with Crippen molar-refractivity contribution in [3.63, 3.8) is 0 Å². The Bertz CT molecular complexity index is 540. The van der Waals surface area contributed by atoms with Gasteiger partial charge in [-0.15, -0.1) is 0 Å². The standard InChI is InChI=1S/C13H14BrN3O/c1-8(2)13-16-11(14)6-12(17-13)18-10-5-4-9(3)15-7-10/h4-8H,1-3H3. The Hall–Kier alpha value is -1.49. The molecule has 0 spiro atoms. The highest BCUT2D eigenvalue weighted by Crippen LogP contribution is 2.23. The van der Waals surface area contributed by atoms with E-state index in [0.29, 0.717) is 11.6 Å². The fourth-order valence-electron chi connectivity index (χ4n) is 1.36. The Labute approximate surface area is 115 Å². The summed E-state index contributed by atoms with van der Waals surface area (Å²) >= 11 is 3.36. The zero-order valence-electron chi connectivity index (χ0n) is 10.5. The number of nitrogens with zero attached hydrogens (tertiary/aromatic N) is 3. The Morgan fingerprint density at radius 3 is 2.61 bits per heavy atom.